The van der Waals surface area contributed by atoms with Gasteiger partial charge < -0.3 is 28.7 Å². The number of pyridine rings is 1. The minimum absolute atomic E-state index is 0.0142. The van der Waals surface area contributed by atoms with E-state index in [9.17, 15) is 4.79 Å². The van der Waals surface area contributed by atoms with Crippen LogP contribution in [-0.4, -0.2) is 78.0 Å². The zero-order chi connectivity index (χ0) is 43.3. The molecule has 0 radical (unpaired) electrons. The number of methoxy groups -OCH3 is 3. The highest BCUT2D eigenvalue weighted by molar-refractivity contribution is 6.37. The van der Waals surface area contributed by atoms with Gasteiger partial charge in [-0.2, -0.15) is 18.2 Å². The van der Waals surface area contributed by atoms with Crippen LogP contribution < -0.4 is 24.0 Å². The van der Waals surface area contributed by atoms with E-state index in [0.29, 0.717) is 24.3 Å². The van der Waals surface area contributed by atoms with Gasteiger partial charge in [-0.3, -0.25) is 4.90 Å². The molecule has 60 heavy (non-hydrogen) atoms. The zero-order valence-electron chi connectivity index (χ0n) is 34.1. The first kappa shape index (κ1) is 42.8. The van der Waals surface area contributed by atoms with Crippen LogP contribution in [0.25, 0.3) is 22.2 Å². The third-order valence-corrected chi connectivity index (χ3v) is 11.2. The first-order valence-electron chi connectivity index (χ1n) is 19.2. The number of hydrogen-bond acceptors (Lipinski definition) is 10. The molecule has 2 fully saturated rings. The molecule has 17 heteroatoms. The largest absolute Gasteiger partial charge is 0.497 e. The van der Waals surface area contributed by atoms with Gasteiger partial charge in [0.15, 0.2) is 11.6 Å². The van der Waals surface area contributed by atoms with Gasteiger partial charge in [0.05, 0.1) is 60.6 Å². The summed E-state index contributed by atoms with van der Waals surface area (Å²) >= 11 is 13.5. The van der Waals surface area contributed by atoms with E-state index in [1.807, 2.05) is 29.2 Å². The van der Waals surface area contributed by atoms with E-state index >= 15 is 17.6 Å². The molecule has 318 valence electrons. The number of aryl methyl sites for hydroxylation is 1. The molecule has 2 aliphatic heterocycles. The second-order valence-electron chi connectivity index (χ2n) is 15.8. The lowest BCUT2D eigenvalue weighted by Crippen LogP contribution is -2.57. The topological polar surface area (TPSA) is 102 Å². The van der Waals surface area contributed by atoms with Gasteiger partial charge in [-0.05, 0) is 99.2 Å². The third-order valence-electron chi connectivity index (χ3n) is 10.6. The molecule has 0 N–H and O–H groups in total. The van der Waals surface area contributed by atoms with Crippen molar-refractivity contribution < 1.29 is 41.3 Å². The SMILES string of the molecule is COc1ccc(CN(Cc2ccc(OC)cc2)c2cc(C)c(C(F)(F)F)c(-c3c(Cl)c(OC)c4c(N5C[C@H]6CC[C@@H](C5)N6C(=O)OC(C)(C)C)nc(Cl)nc4c3F)n2)cc1. The number of benzene rings is 3. The maximum Gasteiger partial charge on any atom is 0.418 e. The van der Waals surface area contributed by atoms with Crippen LogP contribution >= 0.6 is 23.2 Å². The number of carbonyl (C=O) groups is 1. The normalized spacial score (nSPS) is 16.6. The van der Waals surface area contributed by atoms with Gasteiger partial charge in [0.1, 0.15) is 34.3 Å². The number of halogens is 6. The van der Waals surface area contributed by atoms with E-state index in [0.717, 1.165) is 11.1 Å². The molecule has 2 saturated heterocycles. The Labute approximate surface area is 355 Å². The van der Waals surface area contributed by atoms with Crippen molar-refractivity contribution in [3.05, 3.63) is 93.0 Å². The average Bonchev–Trinajstić information content (AvgIpc) is 3.46. The molecular formula is C43H44Cl2F4N6O5. The smallest absolute Gasteiger partial charge is 0.418 e. The fourth-order valence-corrected chi connectivity index (χ4v) is 8.53. The maximum atomic E-state index is 17.4. The Morgan fingerprint density at radius 1 is 0.850 bits per heavy atom. The van der Waals surface area contributed by atoms with Crippen molar-refractivity contribution in [2.45, 2.75) is 77.5 Å². The molecule has 1 amide bonds. The van der Waals surface area contributed by atoms with Crippen LogP contribution in [0.1, 0.15) is 55.9 Å². The van der Waals surface area contributed by atoms with Gasteiger partial charge >= 0.3 is 12.3 Å². The van der Waals surface area contributed by atoms with Crippen LogP contribution in [0.4, 0.5) is 34.0 Å². The van der Waals surface area contributed by atoms with E-state index in [-0.39, 0.29) is 71.9 Å². The highest BCUT2D eigenvalue weighted by Gasteiger charge is 2.46. The molecule has 2 bridgehead atoms. The lowest BCUT2D eigenvalue weighted by atomic mass is 9.98. The molecule has 0 aliphatic carbocycles. The summed E-state index contributed by atoms with van der Waals surface area (Å²) in [4.78, 5) is 31.8. The Hall–Kier alpha value is -5.28. The number of aromatic nitrogens is 3. The molecule has 0 unspecified atom stereocenters. The highest BCUT2D eigenvalue weighted by Crippen LogP contribution is 2.50. The van der Waals surface area contributed by atoms with Crippen molar-refractivity contribution >= 4 is 51.8 Å². The lowest BCUT2D eigenvalue weighted by molar-refractivity contribution is -0.137. The summed E-state index contributed by atoms with van der Waals surface area (Å²) in [5.41, 5.74) is -2.31. The van der Waals surface area contributed by atoms with Crippen molar-refractivity contribution in [3.8, 4) is 28.5 Å². The number of nitrogens with zero attached hydrogens (tertiary/aromatic N) is 6. The number of amides is 1. The van der Waals surface area contributed by atoms with E-state index in [2.05, 4.69) is 15.0 Å². The molecule has 4 heterocycles. The standard InChI is InChI=1S/C43H44Cl2F4N6O5/c1-23-18-30(53(19-24-8-14-28(57-5)15-9-24)20-25-10-16-29(58-6)17-11-25)50-36(33(23)43(47,48)49)31-34(44)38(59-7)32-37(35(31)46)51-40(45)52-39(32)54-21-26-12-13-27(22-54)55(26)41(56)60-42(2,3)4/h8-11,14-18,26-27H,12-13,19-22H2,1-7H3/t26-,27+. The van der Waals surface area contributed by atoms with E-state index in [1.54, 1.807) is 69.1 Å². The summed E-state index contributed by atoms with van der Waals surface area (Å²) in [6.07, 6.45) is -4.05. The molecular weight excluding hydrogens is 827 g/mol. The number of ether oxygens (including phenoxy) is 4. The Kier molecular flexibility index (Phi) is 11.9. The van der Waals surface area contributed by atoms with Gasteiger partial charge in [-0.1, -0.05) is 35.9 Å². The molecule has 0 saturated carbocycles. The van der Waals surface area contributed by atoms with E-state index in [4.69, 9.17) is 42.1 Å². The minimum Gasteiger partial charge on any atom is -0.497 e. The first-order valence-corrected chi connectivity index (χ1v) is 19.9. The van der Waals surface area contributed by atoms with Crippen molar-refractivity contribution in [1.82, 2.24) is 19.9 Å². The van der Waals surface area contributed by atoms with Crippen LogP contribution in [0.5, 0.6) is 17.2 Å². The van der Waals surface area contributed by atoms with E-state index < -0.39 is 51.0 Å². The van der Waals surface area contributed by atoms with Crippen LogP contribution in [0, 0.1) is 12.7 Å². The Balaban J connectivity index is 1.37. The summed E-state index contributed by atoms with van der Waals surface area (Å²) in [5.74, 6) is 0.185. The summed E-state index contributed by atoms with van der Waals surface area (Å²) in [7, 11) is 4.37. The number of carbonyl (C=O) groups excluding carboxylic acids is 1. The van der Waals surface area contributed by atoms with Gasteiger partial charge in [-0.15, -0.1) is 0 Å². The maximum absolute atomic E-state index is 17.4. The van der Waals surface area contributed by atoms with E-state index in [1.165, 1.54) is 20.1 Å². The molecule has 2 aliphatic rings. The fourth-order valence-electron chi connectivity index (χ4n) is 8.02. The molecule has 11 nitrogen and oxygen atoms in total. The molecule has 0 spiro atoms. The van der Waals surface area contributed by atoms with Gasteiger partial charge in [0.2, 0.25) is 5.28 Å². The average molecular weight is 872 g/mol. The number of fused-ring (bicyclic) bond motifs is 3. The molecule has 2 aromatic heterocycles. The first-order chi connectivity index (χ1) is 28.4. The van der Waals surface area contributed by atoms with Crippen molar-refractivity contribution in [1.29, 1.82) is 0 Å². The van der Waals surface area contributed by atoms with Crippen LogP contribution in [0.3, 0.4) is 0 Å². The van der Waals surface area contributed by atoms with Crippen LogP contribution in [-0.2, 0) is 24.0 Å². The van der Waals surface area contributed by atoms with Crippen molar-refractivity contribution in [3.63, 3.8) is 0 Å². The van der Waals surface area contributed by atoms with Crippen LogP contribution in [0.15, 0.2) is 54.6 Å². The second kappa shape index (κ2) is 16.6. The lowest BCUT2D eigenvalue weighted by Gasteiger charge is -2.42. The number of anilines is 2. The Morgan fingerprint density at radius 2 is 1.40 bits per heavy atom. The monoisotopic (exact) mass is 870 g/mol. The van der Waals surface area contributed by atoms with Gasteiger partial charge in [0.25, 0.3) is 0 Å². The minimum atomic E-state index is -4.98. The zero-order valence-corrected chi connectivity index (χ0v) is 35.6. The van der Waals surface area contributed by atoms with Crippen LogP contribution in [0.2, 0.25) is 10.3 Å². The summed E-state index contributed by atoms with van der Waals surface area (Å²) in [6.45, 7) is 7.65. The van der Waals surface area contributed by atoms with Gasteiger partial charge in [-0.25, -0.2) is 19.2 Å². The summed E-state index contributed by atoms with van der Waals surface area (Å²) in [5, 5.41) is -0.801. The molecule has 3 aromatic carbocycles. The number of alkyl halides is 3. The number of piperazine rings is 1. The predicted octanol–water partition coefficient (Wildman–Crippen LogP) is 10.3. The number of rotatable bonds is 10. The molecule has 2 atom stereocenters. The third kappa shape index (κ3) is 8.51. The second-order valence-corrected chi connectivity index (χ2v) is 16.5. The quantitative estimate of drug-likeness (QED) is 0.0996. The number of hydrogen-bond donors (Lipinski definition) is 0. The van der Waals surface area contributed by atoms with Gasteiger partial charge in [0, 0.05) is 26.2 Å². The highest BCUT2D eigenvalue weighted by atomic mass is 35.5. The van der Waals surface area contributed by atoms with Crippen molar-refractivity contribution in [2.75, 3.05) is 44.2 Å². The summed E-state index contributed by atoms with van der Waals surface area (Å²) in [6, 6.07) is 15.3. The van der Waals surface area contributed by atoms with Crippen molar-refractivity contribution in [2.24, 2.45) is 0 Å². The molecule has 7 rings (SSSR count). The summed E-state index contributed by atoms with van der Waals surface area (Å²) < 4.78 is 85.1. The molecule has 5 aromatic rings. The predicted molar refractivity (Wildman–Crippen MR) is 222 cm³/mol. The Morgan fingerprint density at radius 3 is 1.88 bits per heavy atom. The Bertz CT molecular complexity index is 2350. The fraction of sp³-hybridized carbons (Fsp3) is 0.395.